The van der Waals surface area contributed by atoms with Crippen LogP contribution in [0.25, 0.3) is 0 Å². The third-order valence-electron chi connectivity index (χ3n) is 14.1. The van der Waals surface area contributed by atoms with Crippen LogP contribution < -0.4 is 43.4 Å². The molecule has 2 aromatic rings. The zero-order valence-corrected chi connectivity index (χ0v) is 42.4. The zero-order chi connectivity index (χ0) is 52.8. The molecule has 1 saturated carbocycles. The largest absolute Gasteiger partial charge is 0.465 e. The minimum Gasteiger partial charge on any atom is -0.465 e. The SMILES string of the molecule is N=C(N)Nc1ccc(CNC(=O)N2CCN(C(=O)O[C@H]3CCC[C@@H](OC(=O)N4CCN(C(=O)NCc5ccc(NC(=N)N)cc5)CC4)CCC3)CC2)cc1.O=C(NCCC1CCNCC1)C1CCN(C(=O)O)CC1. The first kappa shape index (κ1) is 56.1. The van der Waals surface area contributed by atoms with Crippen molar-refractivity contribution in [3.05, 3.63) is 59.7 Å². The number of nitrogens with one attached hydrogen (secondary N) is 8. The van der Waals surface area contributed by atoms with Gasteiger partial charge in [-0.1, -0.05) is 24.3 Å². The van der Waals surface area contributed by atoms with Crippen molar-refractivity contribution in [2.24, 2.45) is 23.3 Å². The molecule has 0 aromatic heterocycles. The second-order valence-electron chi connectivity index (χ2n) is 19.4. The lowest BCUT2D eigenvalue weighted by Gasteiger charge is -2.36. The number of anilines is 2. The fourth-order valence-corrected chi connectivity index (χ4v) is 9.64. The Morgan fingerprint density at radius 3 is 1.35 bits per heavy atom. The predicted octanol–water partition coefficient (Wildman–Crippen LogP) is 3.90. The summed E-state index contributed by atoms with van der Waals surface area (Å²) in [6, 6.07) is 14.1. The van der Waals surface area contributed by atoms with Crippen LogP contribution in [0.1, 0.15) is 81.8 Å². The highest BCUT2D eigenvalue weighted by molar-refractivity contribution is 5.90. The molecule has 2 aromatic carbocycles. The van der Waals surface area contributed by atoms with Crippen molar-refractivity contribution in [2.75, 3.05) is 95.7 Å². The second-order valence-corrected chi connectivity index (χ2v) is 19.4. The Balaban J connectivity index is 0.000000371. The number of hydrogen-bond donors (Lipinski definition) is 11. The van der Waals surface area contributed by atoms with E-state index in [1.54, 1.807) is 43.9 Å². The lowest BCUT2D eigenvalue weighted by atomic mass is 9.94. The molecule has 4 aliphatic heterocycles. The average molecular weight is 1030 g/mol. The maximum atomic E-state index is 13.0. The molecule has 74 heavy (non-hydrogen) atoms. The van der Waals surface area contributed by atoms with Crippen molar-refractivity contribution in [1.29, 1.82) is 10.8 Å². The number of likely N-dealkylation sites (tertiary alicyclic amines) is 1. The number of piperidine rings is 2. The molecule has 24 heteroatoms. The number of amides is 8. The molecular formula is C50H77N15O9. The number of nitrogens with two attached hydrogens (primary N) is 2. The molecule has 0 atom stereocenters. The molecule has 5 fully saturated rings. The molecule has 4 saturated heterocycles. The van der Waals surface area contributed by atoms with Crippen molar-refractivity contribution in [3.63, 3.8) is 0 Å². The van der Waals surface area contributed by atoms with Crippen LogP contribution in [0.3, 0.4) is 0 Å². The molecular weight excluding hydrogens is 955 g/mol. The summed E-state index contributed by atoms with van der Waals surface area (Å²) in [5.41, 5.74) is 13.9. The number of hydrogen-bond acceptors (Lipinski definition) is 11. The van der Waals surface area contributed by atoms with Crippen molar-refractivity contribution in [3.8, 4) is 0 Å². The summed E-state index contributed by atoms with van der Waals surface area (Å²) in [6.45, 7) is 7.74. The van der Waals surface area contributed by atoms with Crippen molar-refractivity contribution >= 4 is 59.5 Å². The number of nitrogens with zero attached hydrogens (tertiary/aromatic N) is 5. The fraction of sp³-hybridized carbons (Fsp3) is 0.600. The Labute approximate surface area is 432 Å². The van der Waals surface area contributed by atoms with Gasteiger partial charge in [0.15, 0.2) is 11.9 Å². The van der Waals surface area contributed by atoms with Crippen LogP contribution in [0.2, 0.25) is 0 Å². The van der Waals surface area contributed by atoms with E-state index in [1.807, 2.05) is 24.3 Å². The van der Waals surface area contributed by atoms with E-state index in [2.05, 4.69) is 31.9 Å². The molecule has 24 nitrogen and oxygen atoms in total. The minimum atomic E-state index is -0.880. The van der Waals surface area contributed by atoms with Gasteiger partial charge in [0, 0.05) is 102 Å². The number of rotatable bonds is 12. The van der Waals surface area contributed by atoms with Crippen LogP contribution in [0.5, 0.6) is 0 Å². The molecule has 1 aliphatic carbocycles. The molecule has 13 N–H and O–H groups in total. The first-order valence-corrected chi connectivity index (χ1v) is 26.0. The van der Waals surface area contributed by atoms with Gasteiger partial charge in [-0.05, 0) is 125 Å². The molecule has 0 spiro atoms. The molecule has 5 aliphatic rings. The molecule has 0 unspecified atom stereocenters. The summed E-state index contributed by atoms with van der Waals surface area (Å²) in [7, 11) is 0. The third kappa shape index (κ3) is 18.7. The molecule has 8 amide bonds. The third-order valence-corrected chi connectivity index (χ3v) is 14.1. The standard InChI is InChI=1S/C36H52N12O6.C14H25N3O3/c37-31(38)43-27-11-7-25(8-12-27)23-41-33(49)45-15-19-47(20-16-45)35(51)53-29-3-1-4-30(6-2-5-29)54-36(52)48-21-17-46(18-22-48)34(50)42-24-26-9-13-28(14-10-26)44-32(39)40;18-13(12-4-9-17(10-5-12)14(19)20)16-8-3-11-1-6-15-7-2-11/h7-14,29-30H,1-6,15-24H2,(H,41,49)(H,42,50)(H4,37,38,43)(H4,39,40,44);11-12,15H,1-10H2,(H,16,18)(H,19,20)/t29-,30+;. The van der Waals surface area contributed by atoms with Gasteiger partial charge in [-0.3, -0.25) is 15.6 Å². The number of guanidine groups is 2. The number of benzene rings is 2. The van der Waals surface area contributed by atoms with Crippen LogP contribution in [-0.4, -0.2) is 175 Å². The van der Waals surface area contributed by atoms with Gasteiger partial charge in [-0.2, -0.15) is 0 Å². The Hall–Kier alpha value is -7.24. The Bertz CT molecular complexity index is 2050. The number of carboxylic acid groups (broad SMARTS) is 1. The lowest BCUT2D eigenvalue weighted by molar-refractivity contribution is -0.126. The first-order chi connectivity index (χ1) is 35.7. The van der Waals surface area contributed by atoms with Crippen LogP contribution in [0.4, 0.5) is 35.3 Å². The second kappa shape index (κ2) is 28.9. The predicted molar refractivity (Wildman–Crippen MR) is 279 cm³/mol. The monoisotopic (exact) mass is 1030 g/mol. The van der Waals surface area contributed by atoms with Gasteiger partial charge in [0.2, 0.25) is 5.91 Å². The highest BCUT2D eigenvalue weighted by Gasteiger charge is 2.31. The van der Waals surface area contributed by atoms with Gasteiger partial charge in [0.25, 0.3) is 0 Å². The smallest absolute Gasteiger partial charge is 0.410 e. The zero-order valence-electron chi connectivity index (χ0n) is 42.4. The van der Waals surface area contributed by atoms with Crippen LogP contribution in [0.15, 0.2) is 48.5 Å². The normalized spacial score (nSPS) is 19.8. The van der Waals surface area contributed by atoms with Crippen molar-refractivity contribution < 1.29 is 43.3 Å². The summed E-state index contributed by atoms with van der Waals surface area (Å²) >= 11 is 0. The summed E-state index contributed by atoms with van der Waals surface area (Å²) in [5, 5.41) is 41.1. The average Bonchev–Trinajstić information content (AvgIpc) is 3.39. The highest BCUT2D eigenvalue weighted by atomic mass is 16.6. The number of carbonyl (C=O) groups excluding carboxylic acids is 5. The van der Waals surface area contributed by atoms with E-state index in [9.17, 15) is 28.8 Å². The van der Waals surface area contributed by atoms with Gasteiger partial charge < -0.3 is 82.4 Å². The lowest BCUT2D eigenvalue weighted by Crippen LogP contribution is -2.53. The molecule has 7 rings (SSSR count). The van der Waals surface area contributed by atoms with E-state index >= 15 is 0 Å². The number of urea groups is 2. The fourth-order valence-electron chi connectivity index (χ4n) is 9.64. The Morgan fingerprint density at radius 1 is 0.554 bits per heavy atom. The van der Waals surface area contributed by atoms with Gasteiger partial charge >= 0.3 is 30.3 Å². The molecule has 406 valence electrons. The minimum absolute atomic E-state index is 0.0152. The van der Waals surface area contributed by atoms with Crippen LogP contribution in [0, 0.1) is 22.7 Å². The number of ether oxygens (including phenoxy) is 2. The number of piperazine rings is 2. The van der Waals surface area contributed by atoms with E-state index in [1.165, 1.54) is 17.7 Å². The molecule has 0 radical (unpaired) electrons. The maximum Gasteiger partial charge on any atom is 0.410 e. The topological polar surface area (TPSA) is 329 Å². The van der Waals surface area contributed by atoms with Gasteiger partial charge in [-0.25, -0.2) is 24.0 Å². The summed E-state index contributed by atoms with van der Waals surface area (Å²) < 4.78 is 11.8. The van der Waals surface area contributed by atoms with E-state index in [0.29, 0.717) is 128 Å². The highest BCUT2D eigenvalue weighted by Crippen LogP contribution is 2.24. The van der Waals surface area contributed by atoms with Crippen molar-refractivity contribution in [2.45, 2.75) is 95.9 Å². The number of carbonyl (C=O) groups is 6. The summed E-state index contributed by atoms with van der Waals surface area (Å²) in [4.78, 5) is 82.3. The van der Waals surface area contributed by atoms with Crippen LogP contribution in [-0.2, 0) is 27.4 Å². The maximum absolute atomic E-state index is 13.0. The van der Waals surface area contributed by atoms with Crippen molar-refractivity contribution in [1.82, 2.24) is 45.8 Å². The van der Waals surface area contributed by atoms with E-state index in [4.69, 9.17) is 36.9 Å². The quantitative estimate of drug-likeness (QED) is 0.106. The van der Waals surface area contributed by atoms with E-state index < -0.39 is 6.09 Å². The van der Waals surface area contributed by atoms with Gasteiger partial charge in [0.1, 0.15) is 12.2 Å². The van der Waals surface area contributed by atoms with E-state index in [-0.39, 0.29) is 60.2 Å². The first-order valence-electron chi connectivity index (χ1n) is 26.0. The summed E-state index contributed by atoms with van der Waals surface area (Å²) in [6.07, 6.45) is 6.94. The molecule has 4 heterocycles. The van der Waals surface area contributed by atoms with Gasteiger partial charge in [-0.15, -0.1) is 0 Å². The Kier molecular flexibility index (Phi) is 21.9. The van der Waals surface area contributed by atoms with Gasteiger partial charge in [0.05, 0.1) is 0 Å². The summed E-state index contributed by atoms with van der Waals surface area (Å²) in [5.74, 6) is 0.523. The van der Waals surface area contributed by atoms with Crippen LogP contribution >= 0.6 is 0 Å². The Morgan fingerprint density at radius 2 is 0.959 bits per heavy atom. The molecule has 0 bridgehead atoms. The van der Waals surface area contributed by atoms with E-state index in [0.717, 1.165) is 55.9 Å².